The molecule has 0 aromatic carbocycles. The van der Waals surface area contributed by atoms with Gasteiger partial charge in [0.15, 0.2) is 0 Å². The van der Waals surface area contributed by atoms with Gasteiger partial charge in [-0.15, -0.1) is 0 Å². The fourth-order valence-electron chi connectivity index (χ4n) is 3.40. The van der Waals surface area contributed by atoms with E-state index in [0.717, 1.165) is 25.7 Å². The number of carbonyl (C=O) groups is 2. The van der Waals surface area contributed by atoms with Gasteiger partial charge in [0.25, 0.3) is 0 Å². The first-order valence-corrected chi connectivity index (χ1v) is 11.9. The van der Waals surface area contributed by atoms with Crippen LogP contribution < -0.4 is 16.6 Å². The second-order valence-electron chi connectivity index (χ2n) is 8.13. The first-order chi connectivity index (χ1) is 13.6. The summed E-state index contributed by atoms with van der Waals surface area (Å²) in [5, 5.41) is 0. The molecule has 1 atom stereocenters. The van der Waals surface area contributed by atoms with Gasteiger partial charge in [-0.3, -0.25) is 15.0 Å². The van der Waals surface area contributed by atoms with Crippen LogP contribution in [-0.4, -0.2) is 24.3 Å². The number of hydrogen-bond acceptors (Lipinski definition) is 4. The van der Waals surface area contributed by atoms with Crippen LogP contribution in [0.4, 0.5) is 0 Å². The van der Waals surface area contributed by atoms with Crippen LogP contribution in [0.2, 0.25) is 0 Å². The number of Topliss-reactive ketones (excluding diaryl/α,β-unsaturated/α-hetero) is 1. The topological polar surface area (TPSA) is 84.2 Å². The van der Waals surface area contributed by atoms with Crippen molar-refractivity contribution in [1.82, 2.24) is 10.9 Å². The molecule has 0 unspecified atom stereocenters. The highest BCUT2D eigenvalue weighted by molar-refractivity contribution is 5.82. The average molecular weight is 398 g/mol. The molecule has 4 N–H and O–H groups in total. The quantitative estimate of drug-likeness (QED) is 0.184. The zero-order valence-electron chi connectivity index (χ0n) is 18.7. The van der Waals surface area contributed by atoms with E-state index >= 15 is 0 Å². The monoisotopic (exact) mass is 397 g/mol. The highest BCUT2D eigenvalue weighted by atomic mass is 16.2. The summed E-state index contributed by atoms with van der Waals surface area (Å²) in [6.07, 6.45) is 19.9. The van der Waals surface area contributed by atoms with Gasteiger partial charge in [-0.25, -0.2) is 5.43 Å². The summed E-state index contributed by atoms with van der Waals surface area (Å²) < 4.78 is 0. The summed E-state index contributed by atoms with van der Waals surface area (Å²) in [6, 6.07) is -0.304. The molecule has 0 spiro atoms. The van der Waals surface area contributed by atoms with E-state index in [9.17, 15) is 9.59 Å². The molecule has 28 heavy (non-hydrogen) atoms. The lowest BCUT2D eigenvalue weighted by atomic mass is 10.0. The summed E-state index contributed by atoms with van der Waals surface area (Å²) in [5.74, 6) is 0.0337. The zero-order valence-corrected chi connectivity index (χ0v) is 18.7. The number of rotatable bonds is 21. The predicted octanol–water partition coefficient (Wildman–Crippen LogP) is 5.18. The number of ketones is 1. The van der Waals surface area contributed by atoms with Crippen molar-refractivity contribution in [3.05, 3.63) is 0 Å². The Balaban J connectivity index is 3.45. The van der Waals surface area contributed by atoms with Crippen LogP contribution in [0.3, 0.4) is 0 Å². The van der Waals surface area contributed by atoms with Gasteiger partial charge < -0.3 is 5.73 Å². The van der Waals surface area contributed by atoms with Crippen LogP contribution in [-0.2, 0) is 9.59 Å². The molecule has 0 saturated heterocycles. The molecule has 0 rings (SSSR count). The van der Waals surface area contributed by atoms with E-state index in [0.29, 0.717) is 19.4 Å². The number of nitrogens with one attached hydrogen (secondary N) is 2. The van der Waals surface area contributed by atoms with Crippen LogP contribution in [0.1, 0.15) is 123 Å². The Morgan fingerprint density at radius 1 is 0.750 bits per heavy atom. The van der Waals surface area contributed by atoms with Crippen molar-refractivity contribution in [2.75, 3.05) is 6.54 Å². The van der Waals surface area contributed by atoms with Crippen molar-refractivity contribution < 1.29 is 9.59 Å². The van der Waals surface area contributed by atoms with Gasteiger partial charge in [-0.2, -0.15) is 0 Å². The van der Waals surface area contributed by atoms with Gasteiger partial charge >= 0.3 is 0 Å². The summed E-state index contributed by atoms with van der Waals surface area (Å²) in [7, 11) is 0. The van der Waals surface area contributed by atoms with Gasteiger partial charge in [0.2, 0.25) is 5.91 Å². The fourth-order valence-corrected chi connectivity index (χ4v) is 3.40. The minimum atomic E-state index is -0.304. The number of carbonyl (C=O) groups excluding carboxylic acids is 2. The molecule has 0 aromatic rings. The minimum Gasteiger partial charge on any atom is -0.330 e. The van der Waals surface area contributed by atoms with Gasteiger partial charge in [0.1, 0.15) is 5.78 Å². The van der Waals surface area contributed by atoms with E-state index in [-0.39, 0.29) is 17.7 Å². The SMILES string of the molecule is CCCCCCCCCCCCCCCC(=O)NN[C@@H](CCCCN)C(C)=O. The number of hydrazine groups is 1. The predicted molar refractivity (Wildman–Crippen MR) is 119 cm³/mol. The molecule has 166 valence electrons. The Kier molecular flexibility index (Phi) is 20.1. The Bertz CT molecular complexity index is 375. The zero-order chi connectivity index (χ0) is 20.9. The number of nitrogens with two attached hydrogens (primary N) is 1. The lowest BCUT2D eigenvalue weighted by Gasteiger charge is -2.16. The Labute approximate surface area is 174 Å². The third-order valence-corrected chi connectivity index (χ3v) is 5.33. The molecule has 5 heteroatoms. The molecule has 0 bridgehead atoms. The van der Waals surface area contributed by atoms with Crippen molar-refractivity contribution in [1.29, 1.82) is 0 Å². The van der Waals surface area contributed by atoms with Crippen LogP contribution in [0.15, 0.2) is 0 Å². The van der Waals surface area contributed by atoms with Crippen molar-refractivity contribution in [3.63, 3.8) is 0 Å². The molecule has 0 aliphatic heterocycles. The summed E-state index contributed by atoms with van der Waals surface area (Å²) in [6.45, 7) is 4.45. The van der Waals surface area contributed by atoms with Gasteiger partial charge in [-0.1, -0.05) is 90.4 Å². The summed E-state index contributed by atoms with van der Waals surface area (Å²) in [4.78, 5) is 23.5. The molecular weight excluding hydrogens is 350 g/mol. The molecule has 0 heterocycles. The molecular formula is C23H47N3O2. The standard InChI is InChI=1S/C23H47N3O2/c1-3-4-5-6-7-8-9-10-11-12-13-14-15-19-23(28)26-25-22(21(2)27)18-16-17-20-24/h22,25H,3-20,24H2,1-2H3,(H,26,28)/t22-/m0/s1. The fraction of sp³-hybridized carbons (Fsp3) is 0.913. The first kappa shape index (κ1) is 27.1. The highest BCUT2D eigenvalue weighted by Gasteiger charge is 2.14. The van der Waals surface area contributed by atoms with E-state index in [2.05, 4.69) is 17.8 Å². The van der Waals surface area contributed by atoms with Crippen LogP contribution >= 0.6 is 0 Å². The smallest absolute Gasteiger partial charge is 0.234 e. The minimum absolute atomic E-state index is 0.0202. The van der Waals surface area contributed by atoms with E-state index in [1.54, 1.807) is 6.92 Å². The summed E-state index contributed by atoms with van der Waals surface area (Å²) in [5.41, 5.74) is 11.1. The molecule has 1 amide bonds. The molecule has 0 aliphatic carbocycles. The third-order valence-electron chi connectivity index (χ3n) is 5.33. The van der Waals surface area contributed by atoms with E-state index in [1.165, 1.54) is 70.6 Å². The third kappa shape index (κ3) is 18.4. The first-order valence-electron chi connectivity index (χ1n) is 11.9. The van der Waals surface area contributed by atoms with Crippen molar-refractivity contribution >= 4 is 11.7 Å². The van der Waals surface area contributed by atoms with E-state index in [1.807, 2.05) is 0 Å². The number of unbranched alkanes of at least 4 members (excludes halogenated alkanes) is 13. The van der Waals surface area contributed by atoms with E-state index in [4.69, 9.17) is 5.73 Å². The summed E-state index contributed by atoms with van der Waals surface area (Å²) >= 11 is 0. The maximum atomic E-state index is 11.9. The maximum absolute atomic E-state index is 11.9. The van der Waals surface area contributed by atoms with Crippen molar-refractivity contribution in [3.8, 4) is 0 Å². The van der Waals surface area contributed by atoms with Crippen molar-refractivity contribution in [2.24, 2.45) is 5.73 Å². The van der Waals surface area contributed by atoms with Gasteiger partial charge in [0, 0.05) is 6.42 Å². The second kappa shape index (κ2) is 20.8. The molecule has 0 aliphatic rings. The van der Waals surface area contributed by atoms with Crippen LogP contribution in [0.5, 0.6) is 0 Å². The molecule has 0 aromatic heterocycles. The van der Waals surface area contributed by atoms with Crippen LogP contribution in [0, 0.1) is 0 Å². The lowest BCUT2D eigenvalue weighted by molar-refractivity contribution is -0.123. The number of hydrogen-bond donors (Lipinski definition) is 3. The van der Waals surface area contributed by atoms with Gasteiger partial charge in [0.05, 0.1) is 6.04 Å². The Morgan fingerprint density at radius 2 is 1.25 bits per heavy atom. The number of amides is 1. The van der Waals surface area contributed by atoms with Gasteiger partial charge in [-0.05, 0) is 32.7 Å². The molecule has 0 saturated carbocycles. The largest absolute Gasteiger partial charge is 0.330 e. The average Bonchev–Trinajstić information content (AvgIpc) is 2.67. The molecule has 0 fully saturated rings. The Morgan fingerprint density at radius 3 is 1.71 bits per heavy atom. The Hall–Kier alpha value is -0.940. The van der Waals surface area contributed by atoms with E-state index < -0.39 is 0 Å². The second-order valence-corrected chi connectivity index (χ2v) is 8.13. The maximum Gasteiger partial charge on any atom is 0.234 e. The molecule has 5 nitrogen and oxygen atoms in total. The van der Waals surface area contributed by atoms with Crippen molar-refractivity contribution in [2.45, 2.75) is 129 Å². The lowest BCUT2D eigenvalue weighted by Crippen LogP contribution is -2.47. The highest BCUT2D eigenvalue weighted by Crippen LogP contribution is 2.12. The molecule has 0 radical (unpaired) electrons. The van der Waals surface area contributed by atoms with Crippen LogP contribution in [0.25, 0.3) is 0 Å². The normalized spacial score (nSPS) is 12.1.